The molecule has 2 heterocycles. The predicted octanol–water partition coefficient (Wildman–Crippen LogP) is 4.98. The molecular weight excluding hydrogens is 389 g/mol. The van der Waals surface area contributed by atoms with Crippen LogP contribution in [0, 0.1) is 11.8 Å². The van der Waals surface area contributed by atoms with Crippen molar-refractivity contribution in [2.24, 2.45) is 11.8 Å². The first-order valence-corrected chi connectivity index (χ1v) is 9.91. The van der Waals surface area contributed by atoms with Crippen LogP contribution in [0.2, 0.25) is 0 Å². The molecule has 2 saturated heterocycles. The highest BCUT2D eigenvalue weighted by Gasteiger charge is 2.31. The van der Waals surface area contributed by atoms with Gasteiger partial charge in [0.2, 0.25) is 0 Å². The van der Waals surface area contributed by atoms with Gasteiger partial charge in [0.05, 0.1) is 26.4 Å². The third kappa shape index (κ3) is 7.29. The summed E-state index contributed by atoms with van der Waals surface area (Å²) >= 11 is 0. The summed E-state index contributed by atoms with van der Waals surface area (Å²) < 4.78 is 63.6. The van der Waals surface area contributed by atoms with Crippen LogP contribution in [0.4, 0.5) is 13.2 Å². The van der Waals surface area contributed by atoms with Crippen LogP contribution < -0.4 is 4.74 Å². The minimum absolute atomic E-state index is 0.194. The fourth-order valence-corrected chi connectivity index (χ4v) is 3.27. The van der Waals surface area contributed by atoms with E-state index in [1.807, 2.05) is 0 Å². The van der Waals surface area contributed by atoms with E-state index in [0.29, 0.717) is 37.9 Å². The summed E-state index contributed by atoms with van der Waals surface area (Å²) in [5, 5.41) is 0. The third-order valence-corrected chi connectivity index (χ3v) is 4.80. The molecule has 0 amide bonds. The van der Waals surface area contributed by atoms with Crippen molar-refractivity contribution in [2.75, 3.05) is 26.4 Å². The van der Waals surface area contributed by atoms with Crippen molar-refractivity contribution >= 4 is 0 Å². The Labute approximate surface area is 168 Å². The molecule has 2 fully saturated rings. The van der Waals surface area contributed by atoms with Gasteiger partial charge in [-0.05, 0) is 31.4 Å². The molecule has 3 rings (SSSR count). The Morgan fingerprint density at radius 3 is 2.21 bits per heavy atom. The number of alkyl halides is 3. The van der Waals surface area contributed by atoms with Gasteiger partial charge in [-0.25, -0.2) is 0 Å². The SMILES string of the molecule is CC/C=C/C1COC(CCC2COC(c3ccc(OC(F)(F)F)cc3)OC2)OC1. The van der Waals surface area contributed by atoms with E-state index in [4.69, 9.17) is 18.9 Å². The van der Waals surface area contributed by atoms with Crippen molar-refractivity contribution in [3.63, 3.8) is 0 Å². The Kier molecular flexibility index (Phi) is 7.94. The van der Waals surface area contributed by atoms with Crippen molar-refractivity contribution in [3.8, 4) is 5.75 Å². The molecule has 162 valence electrons. The van der Waals surface area contributed by atoms with E-state index in [1.54, 1.807) is 0 Å². The molecule has 8 heteroatoms. The largest absolute Gasteiger partial charge is 0.573 e. The molecule has 5 nitrogen and oxygen atoms in total. The van der Waals surface area contributed by atoms with E-state index in [9.17, 15) is 13.2 Å². The van der Waals surface area contributed by atoms with Crippen LogP contribution in [0.25, 0.3) is 0 Å². The number of halogens is 3. The van der Waals surface area contributed by atoms with Crippen molar-refractivity contribution in [2.45, 2.75) is 45.1 Å². The first kappa shape index (κ1) is 22.1. The van der Waals surface area contributed by atoms with E-state index in [-0.39, 0.29) is 18.0 Å². The van der Waals surface area contributed by atoms with Gasteiger partial charge < -0.3 is 23.7 Å². The predicted molar refractivity (Wildman–Crippen MR) is 99.1 cm³/mol. The number of hydrogen-bond acceptors (Lipinski definition) is 5. The summed E-state index contributed by atoms with van der Waals surface area (Å²) in [4.78, 5) is 0. The van der Waals surface area contributed by atoms with Crippen LogP contribution >= 0.6 is 0 Å². The van der Waals surface area contributed by atoms with E-state index in [1.165, 1.54) is 24.3 Å². The highest BCUT2D eigenvalue weighted by Crippen LogP contribution is 2.30. The zero-order valence-electron chi connectivity index (χ0n) is 16.4. The Morgan fingerprint density at radius 1 is 0.966 bits per heavy atom. The average Bonchev–Trinajstić information content (AvgIpc) is 2.71. The first-order valence-electron chi connectivity index (χ1n) is 9.91. The maximum absolute atomic E-state index is 12.2. The van der Waals surface area contributed by atoms with Crippen molar-refractivity contribution in [1.29, 1.82) is 0 Å². The molecule has 29 heavy (non-hydrogen) atoms. The second-order valence-corrected chi connectivity index (χ2v) is 7.25. The minimum Gasteiger partial charge on any atom is -0.406 e. The monoisotopic (exact) mass is 416 g/mol. The fraction of sp³-hybridized carbons (Fsp3) is 0.619. The van der Waals surface area contributed by atoms with Crippen LogP contribution in [0.1, 0.15) is 38.0 Å². The van der Waals surface area contributed by atoms with Crippen LogP contribution in [0.5, 0.6) is 5.75 Å². The lowest BCUT2D eigenvalue weighted by atomic mass is 10.0. The number of ether oxygens (including phenoxy) is 5. The molecule has 1 aromatic carbocycles. The molecule has 2 aliphatic heterocycles. The van der Waals surface area contributed by atoms with E-state index in [0.717, 1.165) is 19.3 Å². The van der Waals surface area contributed by atoms with E-state index >= 15 is 0 Å². The minimum atomic E-state index is -4.70. The molecule has 0 atom stereocenters. The van der Waals surface area contributed by atoms with E-state index in [2.05, 4.69) is 23.8 Å². The van der Waals surface area contributed by atoms with Gasteiger partial charge in [0.1, 0.15) is 5.75 Å². The van der Waals surface area contributed by atoms with Crippen LogP contribution in [0.3, 0.4) is 0 Å². The summed E-state index contributed by atoms with van der Waals surface area (Å²) in [6.45, 7) is 4.48. The van der Waals surface area contributed by atoms with Gasteiger partial charge in [0, 0.05) is 17.4 Å². The Hall–Kier alpha value is -1.61. The summed E-state index contributed by atoms with van der Waals surface area (Å²) in [7, 11) is 0. The third-order valence-electron chi connectivity index (χ3n) is 4.80. The van der Waals surface area contributed by atoms with Crippen molar-refractivity contribution < 1.29 is 36.9 Å². The number of benzene rings is 1. The second kappa shape index (κ2) is 10.4. The maximum atomic E-state index is 12.2. The molecule has 0 aromatic heterocycles. The Balaban J connectivity index is 1.36. The molecule has 0 unspecified atom stereocenters. The number of allylic oxidation sites excluding steroid dienone is 1. The summed E-state index contributed by atoms with van der Waals surface area (Å²) in [6, 6.07) is 5.53. The van der Waals surface area contributed by atoms with Crippen molar-refractivity contribution in [1.82, 2.24) is 0 Å². The highest BCUT2D eigenvalue weighted by molar-refractivity contribution is 5.28. The maximum Gasteiger partial charge on any atom is 0.573 e. The fourth-order valence-electron chi connectivity index (χ4n) is 3.27. The topological polar surface area (TPSA) is 46.2 Å². The summed E-state index contributed by atoms with van der Waals surface area (Å²) in [6.07, 6.45) is 1.42. The van der Waals surface area contributed by atoms with Gasteiger partial charge >= 0.3 is 6.36 Å². The first-order chi connectivity index (χ1) is 13.9. The van der Waals surface area contributed by atoms with Crippen molar-refractivity contribution in [3.05, 3.63) is 42.0 Å². The second-order valence-electron chi connectivity index (χ2n) is 7.25. The smallest absolute Gasteiger partial charge is 0.406 e. The average molecular weight is 416 g/mol. The van der Waals surface area contributed by atoms with Gasteiger partial charge in [-0.15, -0.1) is 13.2 Å². The molecule has 0 radical (unpaired) electrons. The lowest BCUT2D eigenvalue weighted by molar-refractivity contribution is -0.274. The molecule has 2 aliphatic rings. The summed E-state index contributed by atoms with van der Waals surface area (Å²) in [5.74, 6) is 0.278. The summed E-state index contributed by atoms with van der Waals surface area (Å²) in [5.41, 5.74) is 0.656. The molecular formula is C21H27F3O5. The van der Waals surface area contributed by atoms with Gasteiger partial charge in [-0.1, -0.05) is 31.2 Å². The lowest BCUT2D eigenvalue weighted by Gasteiger charge is -2.32. The molecule has 0 bridgehead atoms. The molecule has 0 spiro atoms. The molecule has 0 aliphatic carbocycles. The van der Waals surface area contributed by atoms with E-state index < -0.39 is 12.7 Å². The standard InChI is InChI=1S/C21H27F3O5/c1-2-3-4-15-11-25-19(26-12-15)10-5-16-13-27-20(28-14-16)17-6-8-18(9-7-17)29-21(22,23)24/h3-4,6-9,15-16,19-20H,2,5,10-14H2,1H3/b4-3+. The Morgan fingerprint density at radius 2 is 1.62 bits per heavy atom. The normalized spacial score (nSPS) is 28.6. The van der Waals surface area contributed by atoms with Crippen LogP contribution in [-0.4, -0.2) is 39.1 Å². The lowest BCUT2D eigenvalue weighted by Crippen LogP contribution is -2.33. The van der Waals surface area contributed by atoms with Gasteiger partial charge in [-0.3, -0.25) is 0 Å². The number of rotatable bonds is 7. The Bertz CT molecular complexity index is 631. The van der Waals surface area contributed by atoms with Crippen LogP contribution in [0.15, 0.2) is 36.4 Å². The molecule has 1 aromatic rings. The molecule has 0 saturated carbocycles. The van der Waals surface area contributed by atoms with Gasteiger partial charge in [0.25, 0.3) is 0 Å². The van der Waals surface area contributed by atoms with Crippen LogP contribution in [-0.2, 0) is 18.9 Å². The zero-order valence-corrected chi connectivity index (χ0v) is 16.4. The van der Waals surface area contributed by atoms with Gasteiger partial charge in [0.15, 0.2) is 12.6 Å². The number of hydrogen-bond donors (Lipinski definition) is 0. The highest BCUT2D eigenvalue weighted by atomic mass is 19.4. The zero-order chi connectivity index (χ0) is 20.7. The quantitative estimate of drug-likeness (QED) is 0.587. The van der Waals surface area contributed by atoms with Gasteiger partial charge in [-0.2, -0.15) is 0 Å². The molecule has 0 N–H and O–H groups in total.